The summed E-state index contributed by atoms with van der Waals surface area (Å²) in [6, 6.07) is 11.7. The Labute approximate surface area is 153 Å². The SMILES string of the molecule is O=C1c2c(c(-c3ccc(Cl)cc3)nc3ccc(F)cc23)C2=NCCCN12. The van der Waals surface area contributed by atoms with E-state index in [-0.39, 0.29) is 11.7 Å². The highest BCUT2D eigenvalue weighted by Gasteiger charge is 2.39. The quantitative estimate of drug-likeness (QED) is 0.645. The zero-order valence-corrected chi connectivity index (χ0v) is 14.4. The molecule has 0 fully saturated rings. The van der Waals surface area contributed by atoms with Crippen molar-refractivity contribution in [2.75, 3.05) is 13.1 Å². The Morgan fingerprint density at radius 2 is 1.88 bits per heavy atom. The molecule has 0 saturated carbocycles. The topological polar surface area (TPSA) is 45.6 Å². The number of amidine groups is 1. The van der Waals surface area contributed by atoms with Crippen molar-refractivity contribution < 1.29 is 9.18 Å². The molecule has 3 aromatic rings. The van der Waals surface area contributed by atoms with Crippen LogP contribution in [0.25, 0.3) is 22.2 Å². The standard InChI is InChI=1S/C20H13ClFN3O/c21-12-4-2-11(3-5-12)18-17-16(14-10-13(22)6-7-15(14)24-18)20(26)25-9-1-8-23-19(17)25/h2-7,10H,1,8-9H2. The van der Waals surface area contributed by atoms with Crippen LogP contribution in [0, 0.1) is 5.82 Å². The number of carbonyl (C=O) groups excluding carboxylic acids is 1. The van der Waals surface area contributed by atoms with E-state index in [9.17, 15) is 9.18 Å². The molecule has 3 heterocycles. The van der Waals surface area contributed by atoms with Gasteiger partial charge in [-0.15, -0.1) is 0 Å². The van der Waals surface area contributed by atoms with E-state index in [0.717, 1.165) is 12.0 Å². The molecule has 0 unspecified atom stereocenters. The van der Waals surface area contributed by atoms with Crippen molar-refractivity contribution in [1.29, 1.82) is 0 Å². The summed E-state index contributed by atoms with van der Waals surface area (Å²) in [6.45, 7) is 1.28. The first-order chi connectivity index (χ1) is 12.6. The zero-order chi connectivity index (χ0) is 17.8. The number of amides is 1. The van der Waals surface area contributed by atoms with Gasteiger partial charge in [-0.05, 0) is 36.8 Å². The highest BCUT2D eigenvalue weighted by atomic mass is 35.5. The lowest BCUT2D eigenvalue weighted by Gasteiger charge is -2.21. The van der Waals surface area contributed by atoms with Crippen LogP contribution in [0.4, 0.5) is 4.39 Å². The van der Waals surface area contributed by atoms with Gasteiger partial charge in [-0.1, -0.05) is 23.7 Å². The van der Waals surface area contributed by atoms with Gasteiger partial charge in [0.1, 0.15) is 11.7 Å². The molecular formula is C20H13ClFN3O. The van der Waals surface area contributed by atoms with Crippen LogP contribution in [0.15, 0.2) is 47.5 Å². The van der Waals surface area contributed by atoms with Crippen molar-refractivity contribution in [3.05, 3.63) is 64.4 Å². The molecule has 0 N–H and O–H groups in total. The van der Waals surface area contributed by atoms with E-state index >= 15 is 0 Å². The van der Waals surface area contributed by atoms with Gasteiger partial charge in [0.05, 0.1) is 22.3 Å². The molecule has 0 atom stereocenters. The number of aliphatic imine (C=N–C) groups is 1. The first kappa shape index (κ1) is 15.5. The predicted molar refractivity (Wildman–Crippen MR) is 99.2 cm³/mol. The number of nitrogens with zero attached hydrogens (tertiary/aromatic N) is 3. The lowest BCUT2D eigenvalue weighted by atomic mass is 9.98. The van der Waals surface area contributed by atoms with Gasteiger partial charge < -0.3 is 0 Å². The van der Waals surface area contributed by atoms with E-state index in [4.69, 9.17) is 16.6 Å². The second-order valence-corrected chi connectivity index (χ2v) is 6.83. The summed E-state index contributed by atoms with van der Waals surface area (Å²) < 4.78 is 13.9. The third-order valence-corrected chi connectivity index (χ3v) is 5.06. The average molecular weight is 366 g/mol. The minimum absolute atomic E-state index is 0.133. The summed E-state index contributed by atoms with van der Waals surface area (Å²) >= 11 is 6.01. The molecule has 6 heteroatoms. The van der Waals surface area contributed by atoms with Gasteiger partial charge in [-0.25, -0.2) is 9.37 Å². The molecule has 2 aliphatic rings. The van der Waals surface area contributed by atoms with E-state index in [1.54, 1.807) is 23.1 Å². The fourth-order valence-corrected chi connectivity index (χ4v) is 3.77. The summed E-state index contributed by atoms with van der Waals surface area (Å²) in [5.74, 6) is 0.117. The van der Waals surface area contributed by atoms with Gasteiger partial charge in [0.15, 0.2) is 0 Å². The molecule has 1 amide bonds. The van der Waals surface area contributed by atoms with Crippen LogP contribution >= 0.6 is 11.6 Å². The number of aromatic nitrogens is 1. The molecule has 1 aromatic heterocycles. The second kappa shape index (κ2) is 5.61. The van der Waals surface area contributed by atoms with Crippen LogP contribution < -0.4 is 0 Å². The number of benzene rings is 2. The molecule has 128 valence electrons. The van der Waals surface area contributed by atoms with Crippen molar-refractivity contribution in [2.24, 2.45) is 4.99 Å². The summed E-state index contributed by atoms with van der Waals surface area (Å²) in [6.07, 6.45) is 0.819. The minimum Gasteiger partial charge on any atom is -0.292 e. The fourth-order valence-electron chi connectivity index (χ4n) is 3.64. The van der Waals surface area contributed by atoms with Crippen molar-refractivity contribution in [3.63, 3.8) is 0 Å². The predicted octanol–water partition coefficient (Wildman–Crippen LogP) is 4.30. The van der Waals surface area contributed by atoms with Gasteiger partial charge in [-0.2, -0.15) is 0 Å². The number of rotatable bonds is 1. The lowest BCUT2D eigenvalue weighted by Crippen LogP contribution is -2.34. The first-order valence-corrected chi connectivity index (χ1v) is 8.77. The Kier molecular flexibility index (Phi) is 3.34. The number of fused-ring (bicyclic) bond motifs is 5. The number of carbonyl (C=O) groups is 1. The van der Waals surface area contributed by atoms with Gasteiger partial charge in [0.25, 0.3) is 5.91 Å². The van der Waals surface area contributed by atoms with Gasteiger partial charge >= 0.3 is 0 Å². The number of pyridine rings is 1. The summed E-state index contributed by atoms with van der Waals surface area (Å²) in [5, 5.41) is 1.15. The number of hydrogen-bond acceptors (Lipinski definition) is 3. The largest absolute Gasteiger partial charge is 0.292 e. The van der Waals surface area contributed by atoms with Crippen molar-refractivity contribution >= 4 is 34.2 Å². The third kappa shape index (κ3) is 2.17. The lowest BCUT2D eigenvalue weighted by molar-refractivity contribution is 0.0857. The molecule has 26 heavy (non-hydrogen) atoms. The molecule has 0 saturated heterocycles. The van der Waals surface area contributed by atoms with E-state index in [1.165, 1.54) is 12.1 Å². The summed E-state index contributed by atoms with van der Waals surface area (Å²) in [4.78, 5) is 24.1. The number of halogens is 2. The molecule has 0 aliphatic carbocycles. The second-order valence-electron chi connectivity index (χ2n) is 6.39. The van der Waals surface area contributed by atoms with Gasteiger partial charge in [0.2, 0.25) is 0 Å². The third-order valence-electron chi connectivity index (χ3n) is 4.80. The maximum Gasteiger partial charge on any atom is 0.260 e. The van der Waals surface area contributed by atoms with Gasteiger partial charge in [-0.3, -0.25) is 14.7 Å². The van der Waals surface area contributed by atoms with Crippen LogP contribution in [0.2, 0.25) is 5.02 Å². The van der Waals surface area contributed by atoms with Gasteiger partial charge in [0, 0.05) is 29.1 Å². The molecular weight excluding hydrogens is 353 g/mol. The average Bonchev–Trinajstić information content (AvgIpc) is 2.96. The Morgan fingerprint density at radius 1 is 1.08 bits per heavy atom. The summed E-state index contributed by atoms with van der Waals surface area (Å²) in [5.41, 5.74) is 3.28. The maximum atomic E-state index is 13.9. The molecule has 2 aromatic carbocycles. The zero-order valence-electron chi connectivity index (χ0n) is 13.7. The number of hydrogen-bond donors (Lipinski definition) is 0. The van der Waals surface area contributed by atoms with Crippen LogP contribution in [-0.4, -0.2) is 34.7 Å². The Morgan fingerprint density at radius 3 is 2.69 bits per heavy atom. The fraction of sp³-hybridized carbons (Fsp3) is 0.150. The summed E-state index contributed by atoms with van der Waals surface area (Å²) in [7, 11) is 0. The van der Waals surface area contributed by atoms with E-state index in [1.807, 2.05) is 12.1 Å². The van der Waals surface area contributed by atoms with Crippen molar-refractivity contribution in [1.82, 2.24) is 9.88 Å². The Hall–Kier alpha value is -2.79. The highest BCUT2D eigenvalue weighted by molar-refractivity contribution is 6.31. The highest BCUT2D eigenvalue weighted by Crippen LogP contribution is 2.37. The molecule has 0 spiro atoms. The van der Waals surface area contributed by atoms with E-state index in [2.05, 4.69) is 4.99 Å². The van der Waals surface area contributed by atoms with Crippen LogP contribution in [0.1, 0.15) is 22.3 Å². The molecule has 0 bridgehead atoms. The molecule has 2 aliphatic heterocycles. The van der Waals surface area contributed by atoms with E-state index in [0.29, 0.717) is 51.7 Å². The smallest absolute Gasteiger partial charge is 0.260 e. The molecule has 5 rings (SSSR count). The van der Waals surface area contributed by atoms with Crippen molar-refractivity contribution in [2.45, 2.75) is 6.42 Å². The van der Waals surface area contributed by atoms with E-state index < -0.39 is 0 Å². The van der Waals surface area contributed by atoms with Crippen LogP contribution in [-0.2, 0) is 0 Å². The Balaban J connectivity index is 1.90. The van der Waals surface area contributed by atoms with Crippen LogP contribution in [0.5, 0.6) is 0 Å². The van der Waals surface area contributed by atoms with Crippen molar-refractivity contribution in [3.8, 4) is 11.3 Å². The molecule has 4 nitrogen and oxygen atoms in total. The Bertz CT molecular complexity index is 1110. The maximum absolute atomic E-state index is 13.9. The minimum atomic E-state index is -0.389. The van der Waals surface area contributed by atoms with Crippen LogP contribution in [0.3, 0.4) is 0 Å². The monoisotopic (exact) mass is 365 g/mol. The normalized spacial score (nSPS) is 15.8. The molecule has 0 radical (unpaired) electrons. The first-order valence-electron chi connectivity index (χ1n) is 8.39.